The maximum atomic E-state index is 12.6. The Hall–Kier alpha value is -3.79. The van der Waals surface area contributed by atoms with E-state index in [1.54, 1.807) is 12.1 Å². The summed E-state index contributed by atoms with van der Waals surface area (Å²) in [6, 6.07) is 23.0. The third kappa shape index (κ3) is 2.58. The molecule has 1 amide bonds. The van der Waals surface area contributed by atoms with Gasteiger partial charge in [0.15, 0.2) is 0 Å². The summed E-state index contributed by atoms with van der Waals surface area (Å²) in [6.07, 6.45) is 0. The number of amides is 1. The van der Waals surface area contributed by atoms with Crippen LogP contribution in [-0.2, 0) is 0 Å². The highest BCUT2D eigenvalue weighted by Gasteiger charge is 2.15. The summed E-state index contributed by atoms with van der Waals surface area (Å²) in [5.74, 6) is -0.374. The van der Waals surface area contributed by atoms with Gasteiger partial charge in [-0.2, -0.15) is 0 Å². The summed E-state index contributed by atoms with van der Waals surface area (Å²) in [7, 11) is 0. The number of aromatic nitrogens is 1. The third-order valence-electron chi connectivity index (χ3n) is 5.14. The van der Waals surface area contributed by atoms with E-state index in [1.165, 1.54) is 5.56 Å². The number of rotatable bonds is 2. The Morgan fingerprint density at radius 2 is 1.71 bits per heavy atom. The summed E-state index contributed by atoms with van der Waals surface area (Å²) in [5.41, 5.74) is 4.15. The average molecular weight is 366 g/mol. The van der Waals surface area contributed by atoms with E-state index in [2.05, 4.69) is 41.5 Å². The van der Waals surface area contributed by atoms with Gasteiger partial charge in [0.1, 0.15) is 5.75 Å². The van der Waals surface area contributed by atoms with Crippen LogP contribution in [0.25, 0.3) is 32.6 Å². The molecule has 3 N–H and O–H groups in total. The maximum Gasteiger partial charge on any atom is 0.259 e. The lowest BCUT2D eigenvalue weighted by Crippen LogP contribution is -2.12. The van der Waals surface area contributed by atoms with Crippen LogP contribution in [0.15, 0.2) is 72.8 Å². The molecule has 4 nitrogen and oxygen atoms in total. The number of phenols is 1. The van der Waals surface area contributed by atoms with Gasteiger partial charge in [0.25, 0.3) is 5.91 Å². The summed E-state index contributed by atoms with van der Waals surface area (Å²) in [5, 5.41) is 17.4. The molecule has 0 aliphatic heterocycles. The van der Waals surface area contributed by atoms with Gasteiger partial charge >= 0.3 is 0 Å². The van der Waals surface area contributed by atoms with Crippen molar-refractivity contribution in [1.29, 1.82) is 0 Å². The number of aromatic amines is 1. The molecule has 5 aromatic rings. The predicted molar refractivity (Wildman–Crippen MR) is 114 cm³/mol. The smallest absolute Gasteiger partial charge is 0.259 e. The van der Waals surface area contributed by atoms with Gasteiger partial charge in [-0.1, -0.05) is 42.0 Å². The van der Waals surface area contributed by atoms with Crippen LogP contribution < -0.4 is 5.32 Å². The number of para-hydroxylation sites is 1. The molecule has 136 valence electrons. The fourth-order valence-electron chi connectivity index (χ4n) is 3.75. The quantitative estimate of drug-likeness (QED) is 0.373. The van der Waals surface area contributed by atoms with Gasteiger partial charge in [0.05, 0.1) is 11.1 Å². The molecule has 1 heterocycles. The minimum atomic E-state index is -0.335. The number of hydrogen-bond acceptors (Lipinski definition) is 2. The molecule has 0 saturated carbocycles. The fourth-order valence-corrected chi connectivity index (χ4v) is 3.75. The van der Waals surface area contributed by atoms with Crippen molar-refractivity contribution in [2.75, 3.05) is 5.32 Å². The van der Waals surface area contributed by atoms with Crippen molar-refractivity contribution in [1.82, 2.24) is 4.98 Å². The van der Waals surface area contributed by atoms with E-state index in [-0.39, 0.29) is 17.2 Å². The van der Waals surface area contributed by atoms with E-state index in [9.17, 15) is 9.90 Å². The highest BCUT2D eigenvalue weighted by Crippen LogP contribution is 2.35. The molecule has 28 heavy (non-hydrogen) atoms. The molecule has 0 spiro atoms. The summed E-state index contributed by atoms with van der Waals surface area (Å²) >= 11 is 0. The lowest BCUT2D eigenvalue weighted by molar-refractivity contribution is 0.102. The predicted octanol–water partition coefficient (Wildman–Crippen LogP) is 5.74. The van der Waals surface area contributed by atoms with Gasteiger partial charge < -0.3 is 15.4 Å². The number of fused-ring (bicyclic) bond motifs is 5. The van der Waals surface area contributed by atoms with Crippen molar-refractivity contribution in [3.8, 4) is 5.75 Å². The average Bonchev–Trinajstić information content (AvgIpc) is 3.06. The number of hydrogen-bond donors (Lipinski definition) is 3. The van der Waals surface area contributed by atoms with Crippen LogP contribution in [0.5, 0.6) is 5.75 Å². The van der Waals surface area contributed by atoms with E-state index < -0.39 is 0 Å². The van der Waals surface area contributed by atoms with Crippen molar-refractivity contribution in [2.24, 2.45) is 0 Å². The van der Waals surface area contributed by atoms with Gasteiger partial charge in [0.2, 0.25) is 0 Å². The van der Waals surface area contributed by atoms with E-state index in [0.717, 1.165) is 32.6 Å². The van der Waals surface area contributed by atoms with E-state index in [1.807, 2.05) is 36.4 Å². The highest BCUT2D eigenvalue weighted by molar-refractivity contribution is 6.18. The number of aromatic hydroxyl groups is 1. The number of carbonyl (C=O) groups is 1. The standard InChI is InChI=1S/C24H18N2O2/c1-14-7-10-21-19(11-14)17-9-8-15-12-20(22(27)13-18(15)23(17)26-21)24(28)25-16-5-3-2-4-6-16/h2-13,26-27H,1H3,(H,25,28). The van der Waals surface area contributed by atoms with Crippen LogP contribution in [0.3, 0.4) is 0 Å². The molecule has 5 rings (SSSR count). The first kappa shape index (κ1) is 16.4. The molecule has 4 heteroatoms. The van der Waals surface area contributed by atoms with E-state index in [4.69, 9.17) is 0 Å². The first-order valence-corrected chi connectivity index (χ1v) is 9.14. The van der Waals surface area contributed by atoms with Gasteiger partial charge in [0, 0.05) is 27.4 Å². The second-order valence-electron chi connectivity index (χ2n) is 7.07. The van der Waals surface area contributed by atoms with E-state index in [0.29, 0.717) is 5.69 Å². The zero-order valence-electron chi connectivity index (χ0n) is 15.3. The zero-order valence-corrected chi connectivity index (χ0v) is 15.3. The molecule has 0 fully saturated rings. The first-order chi connectivity index (χ1) is 13.6. The summed E-state index contributed by atoms with van der Waals surface area (Å²) < 4.78 is 0. The second kappa shape index (κ2) is 6.13. The van der Waals surface area contributed by atoms with Crippen molar-refractivity contribution in [3.63, 3.8) is 0 Å². The number of benzene rings is 4. The van der Waals surface area contributed by atoms with Crippen LogP contribution in [0.4, 0.5) is 5.69 Å². The minimum absolute atomic E-state index is 0.0386. The zero-order chi connectivity index (χ0) is 19.3. The molecule has 0 unspecified atom stereocenters. The van der Waals surface area contributed by atoms with Gasteiger partial charge in [-0.25, -0.2) is 0 Å². The minimum Gasteiger partial charge on any atom is -0.507 e. The monoisotopic (exact) mass is 366 g/mol. The molecule has 0 bridgehead atoms. The summed E-state index contributed by atoms with van der Waals surface area (Å²) in [4.78, 5) is 16.1. The molecular weight excluding hydrogens is 348 g/mol. The van der Waals surface area contributed by atoms with Crippen LogP contribution in [0.1, 0.15) is 15.9 Å². The summed E-state index contributed by atoms with van der Waals surface area (Å²) in [6.45, 7) is 2.07. The molecule has 0 radical (unpaired) electrons. The number of carbonyl (C=O) groups excluding carboxylic acids is 1. The lowest BCUT2D eigenvalue weighted by atomic mass is 10.0. The highest BCUT2D eigenvalue weighted by atomic mass is 16.3. The molecule has 1 aromatic heterocycles. The van der Waals surface area contributed by atoms with Gasteiger partial charge in [-0.15, -0.1) is 0 Å². The number of aryl methyl sites for hydroxylation is 1. The molecule has 0 atom stereocenters. The molecular formula is C24H18N2O2. The van der Waals surface area contributed by atoms with Gasteiger partial charge in [-0.05, 0) is 48.7 Å². The Morgan fingerprint density at radius 3 is 2.54 bits per heavy atom. The SMILES string of the molecule is Cc1ccc2[nH]c3c4cc(O)c(C(=O)Nc5ccccc5)cc4ccc3c2c1. The topological polar surface area (TPSA) is 65.1 Å². The largest absolute Gasteiger partial charge is 0.507 e. The fraction of sp³-hybridized carbons (Fsp3) is 0.0417. The number of phenolic OH excluding ortho intramolecular Hbond substituents is 1. The number of nitrogens with one attached hydrogen (secondary N) is 2. The first-order valence-electron chi connectivity index (χ1n) is 9.14. The Labute approximate surface area is 161 Å². The number of H-pyrrole nitrogens is 1. The van der Waals surface area contributed by atoms with Gasteiger partial charge in [-0.3, -0.25) is 4.79 Å². The third-order valence-corrected chi connectivity index (χ3v) is 5.14. The maximum absolute atomic E-state index is 12.6. The normalized spacial score (nSPS) is 11.3. The lowest BCUT2D eigenvalue weighted by Gasteiger charge is -2.09. The van der Waals surface area contributed by atoms with Crippen LogP contribution in [-0.4, -0.2) is 16.0 Å². The second-order valence-corrected chi connectivity index (χ2v) is 7.07. The number of anilines is 1. The Bertz CT molecular complexity index is 1370. The molecule has 0 aliphatic rings. The van der Waals surface area contributed by atoms with Crippen LogP contribution in [0.2, 0.25) is 0 Å². The Kier molecular flexibility index (Phi) is 3.59. The molecule has 0 saturated heterocycles. The van der Waals surface area contributed by atoms with Crippen LogP contribution in [0, 0.1) is 6.92 Å². The van der Waals surface area contributed by atoms with Crippen molar-refractivity contribution < 1.29 is 9.90 Å². The molecule has 0 aliphatic carbocycles. The van der Waals surface area contributed by atoms with Crippen LogP contribution >= 0.6 is 0 Å². The Morgan fingerprint density at radius 1 is 0.893 bits per heavy atom. The molecule has 4 aromatic carbocycles. The van der Waals surface area contributed by atoms with Crippen molar-refractivity contribution in [3.05, 3.63) is 83.9 Å². The Balaban J connectivity index is 1.65. The van der Waals surface area contributed by atoms with Crippen molar-refractivity contribution in [2.45, 2.75) is 6.92 Å². The van der Waals surface area contributed by atoms with E-state index >= 15 is 0 Å². The van der Waals surface area contributed by atoms with Crippen molar-refractivity contribution >= 4 is 44.2 Å².